The molecule has 2 atom stereocenters. The number of amides is 1. The van der Waals surface area contributed by atoms with Crippen molar-refractivity contribution in [3.05, 3.63) is 29.3 Å². The second kappa shape index (κ2) is 7.60. The average Bonchev–Trinajstić information content (AvgIpc) is 3.08. The first-order chi connectivity index (χ1) is 12.5. The molecule has 1 unspecified atom stereocenters. The second-order valence-corrected chi connectivity index (χ2v) is 7.23. The summed E-state index contributed by atoms with van der Waals surface area (Å²) in [5, 5.41) is 0. The summed E-state index contributed by atoms with van der Waals surface area (Å²) in [7, 11) is 3.69. The van der Waals surface area contributed by atoms with Gasteiger partial charge in [-0.3, -0.25) is 4.79 Å². The Morgan fingerprint density at radius 2 is 2.08 bits per heavy atom. The minimum Gasteiger partial charge on any atom is -0.493 e. The molecule has 1 fully saturated rings. The molecule has 1 amide bonds. The molecule has 0 aromatic heterocycles. The van der Waals surface area contributed by atoms with Crippen LogP contribution in [0.3, 0.4) is 0 Å². The summed E-state index contributed by atoms with van der Waals surface area (Å²) in [6.07, 6.45) is 5.15. The van der Waals surface area contributed by atoms with Crippen LogP contribution in [0.5, 0.6) is 11.5 Å². The molecule has 142 valence electrons. The van der Waals surface area contributed by atoms with Gasteiger partial charge in [0.2, 0.25) is 0 Å². The molecule has 3 rings (SSSR count). The van der Waals surface area contributed by atoms with E-state index in [0.717, 1.165) is 24.9 Å². The van der Waals surface area contributed by atoms with Crippen molar-refractivity contribution in [2.24, 2.45) is 0 Å². The molecule has 0 radical (unpaired) electrons. The standard InChI is InChI=1S/C21H30N2O3/c1-6-8-9-26-20-12-18-16(11-19(20)25-5)21(24)23-13-15(7-2)10-17(23)14(3)22(18)4/h7,11-12,14,17H,6,8-10,13H2,1-5H3/b15-7+/t14?,17-/m0/s1. The topological polar surface area (TPSA) is 42.0 Å². The maximum Gasteiger partial charge on any atom is 0.256 e. The van der Waals surface area contributed by atoms with Gasteiger partial charge < -0.3 is 19.3 Å². The van der Waals surface area contributed by atoms with Crippen molar-refractivity contribution in [2.45, 2.75) is 52.1 Å². The first-order valence-corrected chi connectivity index (χ1v) is 9.54. The quantitative estimate of drug-likeness (QED) is 0.592. The summed E-state index contributed by atoms with van der Waals surface area (Å²) in [5.41, 5.74) is 2.95. The molecule has 0 saturated carbocycles. The predicted molar refractivity (Wildman–Crippen MR) is 104 cm³/mol. The highest BCUT2D eigenvalue weighted by Crippen LogP contribution is 2.41. The Morgan fingerprint density at radius 1 is 1.31 bits per heavy atom. The van der Waals surface area contributed by atoms with Crippen molar-refractivity contribution in [3.8, 4) is 11.5 Å². The van der Waals surface area contributed by atoms with Gasteiger partial charge in [-0.2, -0.15) is 0 Å². The number of carbonyl (C=O) groups excluding carboxylic acids is 1. The van der Waals surface area contributed by atoms with Crippen LogP contribution in [0.1, 0.15) is 50.4 Å². The first kappa shape index (κ1) is 18.6. The Morgan fingerprint density at radius 3 is 2.73 bits per heavy atom. The van der Waals surface area contributed by atoms with Gasteiger partial charge in [-0.25, -0.2) is 0 Å². The van der Waals surface area contributed by atoms with Crippen LogP contribution in [-0.2, 0) is 0 Å². The number of benzene rings is 1. The lowest BCUT2D eigenvalue weighted by atomic mass is 10.0. The normalized spacial score (nSPS) is 23.7. The number of fused-ring (bicyclic) bond motifs is 2. The SMILES string of the molecule is C/C=C1\C[C@H]2C(C)N(C)c3cc(OCCCC)c(OC)cc3C(=O)N2C1. The van der Waals surface area contributed by atoms with E-state index < -0.39 is 0 Å². The number of anilines is 1. The van der Waals surface area contributed by atoms with Crippen molar-refractivity contribution >= 4 is 11.6 Å². The maximum atomic E-state index is 13.3. The number of hydrogen-bond donors (Lipinski definition) is 0. The van der Waals surface area contributed by atoms with Crippen molar-refractivity contribution < 1.29 is 14.3 Å². The molecule has 2 aliphatic heterocycles. The number of carbonyl (C=O) groups is 1. The van der Waals surface area contributed by atoms with E-state index in [1.807, 2.05) is 17.0 Å². The van der Waals surface area contributed by atoms with Crippen molar-refractivity contribution in [1.29, 1.82) is 0 Å². The van der Waals surface area contributed by atoms with Crippen LogP contribution in [0.15, 0.2) is 23.8 Å². The van der Waals surface area contributed by atoms with Gasteiger partial charge in [-0.05, 0) is 32.8 Å². The van der Waals surface area contributed by atoms with E-state index in [1.54, 1.807) is 7.11 Å². The molecule has 0 aliphatic carbocycles. The fourth-order valence-electron chi connectivity index (χ4n) is 3.89. The average molecular weight is 358 g/mol. The van der Waals surface area contributed by atoms with E-state index in [2.05, 4.69) is 38.8 Å². The zero-order chi connectivity index (χ0) is 18.8. The Balaban J connectivity index is 2.03. The Bertz CT molecular complexity index is 713. The molecule has 2 heterocycles. The largest absolute Gasteiger partial charge is 0.493 e. The van der Waals surface area contributed by atoms with Crippen LogP contribution < -0.4 is 14.4 Å². The van der Waals surface area contributed by atoms with E-state index in [0.29, 0.717) is 30.2 Å². The second-order valence-electron chi connectivity index (χ2n) is 7.23. The maximum absolute atomic E-state index is 13.3. The highest BCUT2D eigenvalue weighted by atomic mass is 16.5. The zero-order valence-electron chi connectivity index (χ0n) is 16.5. The third-order valence-corrected chi connectivity index (χ3v) is 5.73. The zero-order valence-corrected chi connectivity index (χ0v) is 16.5. The van der Waals surface area contributed by atoms with Crippen molar-refractivity contribution in [3.63, 3.8) is 0 Å². The molecule has 5 heteroatoms. The van der Waals surface area contributed by atoms with Gasteiger partial charge in [0.25, 0.3) is 5.91 Å². The van der Waals surface area contributed by atoms with Gasteiger partial charge in [0, 0.05) is 25.7 Å². The minimum atomic E-state index is 0.0801. The molecular formula is C21H30N2O3. The van der Waals surface area contributed by atoms with Gasteiger partial charge in [0.05, 0.1) is 31.0 Å². The van der Waals surface area contributed by atoms with E-state index >= 15 is 0 Å². The smallest absolute Gasteiger partial charge is 0.256 e. The van der Waals surface area contributed by atoms with Crippen LogP contribution in [0, 0.1) is 0 Å². The summed E-state index contributed by atoms with van der Waals surface area (Å²) in [6.45, 7) is 7.75. The number of unbranched alkanes of at least 4 members (excludes halogenated alkanes) is 1. The van der Waals surface area contributed by atoms with E-state index in [4.69, 9.17) is 9.47 Å². The molecule has 2 aliphatic rings. The van der Waals surface area contributed by atoms with Gasteiger partial charge in [0.15, 0.2) is 11.5 Å². The molecule has 0 bridgehead atoms. The summed E-state index contributed by atoms with van der Waals surface area (Å²) in [4.78, 5) is 17.5. The lowest BCUT2D eigenvalue weighted by Gasteiger charge is -2.32. The molecule has 0 N–H and O–H groups in total. The van der Waals surface area contributed by atoms with Gasteiger partial charge in [-0.1, -0.05) is 25.0 Å². The molecule has 0 spiro atoms. The first-order valence-electron chi connectivity index (χ1n) is 9.54. The third-order valence-electron chi connectivity index (χ3n) is 5.73. The summed E-state index contributed by atoms with van der Waals surface area (Å²) >= 11 is 0. The van der Waals surface area contributed by atoms with Crippen LogP contribution in [-0.4, -0.2) is 50.2 Å². The molecular weight excluding hydrogens is 328 g/mol. The number of likely N-dealkylation sites (N-methyl/N-ethyl adjacent to an activating group) is 1. The monoisotopic (exact) mass is 358 g/mol. The van der Waals surface area contributed by atoms with Gasteiger partial charge in [-0.15, -0.1) is 0 Å². The van der Waals surface area contributed by atoms with Crippen molar-refractivity contribution in [1.82, 2.24) is 4.90 Å². The number of nitrogens with zero attached hydrogens (tertiary/aromatic N) is 2. The lowest BCUT2D eigenvalue weighted by molar-refractivity contribution is 0.0733. The fourth-order valence-corrected chi connectivity index (χ4v) is 3.89. The number of rotatable bonds is 5. The fraction of sp³-hybridized carbons (Fsp3) is 0.571. The third kappa shape index (κ3) is 3.15. The van der Waals surface area contributed by atoms with E-state index in [9.17, 15) is 4.79 Å². The van der Waals surface area contributed by atoms with Crippen LogP contribution in [0.25, 0.3) is 0 Å². The molecule has 1 saturated heterocycles. The Kier molecular flexibility index (Phi) is 5.44. The number of ether oxygens (including phenoxy) is 2. The predicted octanol–water partition coefficient (Wildman–Crippen LogP) is 3.87. The summed E-state index contributed by atoms with van der Waals surface area (Å²) < 4.78 is 11.5. The summed E-state index contributed by atoms with van der Waals surface area (Å²) in [5.74, 6) is 1.41. The van der Waals surface area contributed by atoms with Crippen LogP contribution in [0.2, 0.25) is 0 Å². The molecule has 26 heavy (non-hydrogen) atoms. The van der Waals surface area contributed by atoms with Crippen molar-refractivity contribution in [2.75, 3.05) is 32.2 Å². The van der Waals surface area contributed by atoms with Gasteiger partial charge >= 0.3 is 0 Å². The highest BCUT2D eigenvalue weighted by Gasteiger charge is 2.41. The Hall–Kier alpha value is -2.17. The number of allylic oxidation sites excluding steroid dienone is 1. The highest BCUT2D eigenvalue weighted by molar-refractivity contribution is 6.02. The van der Waals surface area contributed by atoms with Gasteiger partial charge in [0.1, 0.15) is 0 Å². The van der Waals surface area contributed by atoms with E-state index in [-0.39, 0.29) is 18.0 Å². The summed E-state index contributed by atoms with van der Waals surface area (Å²) in [6, 6.07) is 4.24. The molecule has 1 aromatic carbocycles. The number of methoxy groups -OCH3 is 1. The lowest BCUT2D eigenvalue weighted by Crippen LogP contribution is -2.45. The molecule has 5 nitrogen and oxygen atoms in total. The van der Waals surface area contributed by atoms with Crippen LogP contribution >= 0.6 is 0 Å². The van der Waals surface area contributed by atoms with E-state index in [1.165, 1.54) is 5.57 Å². The number of hydrogen-bond acceptors (Lipinski definition) is 4. The minimum absolute atomic E-state index is 0.0801. The Labute approximate surface area is 156 Å². The molecule has 1 aromatic rings. The van der Waals surface area contributed by atoms with Crippen LogP contribution in [0.4, 0.5) is 5.69 Å².